The summed E-state index contributed by atoms with van der Waals surface area (Å²) in [5.74, 6) is -1.08. The standard InChI is InChI=1S/C22H24N2O3/c1-14-6-3-4-8-17(14)19(12-21(26)27)24-20(25)11-10-16-13-23-22-15(2)7-5-9-18(16)22/h3-9,13,19,23H,10-12H2,1-2H3,(H,24,25)(H,26,27). The van der Waals surface area contributed by atoms with Crippen molar-refractivity contribution in [3.05, 3.63) is 70.9 Å². The van der Waals surface area contributed by atoms with Gasteiger partial charge in [-0.25, -0.2) is 0 Å². The van der Waals surface area contributed by atoms with E-state index in [0.717, 1.165) is 27.6 Å². The van der Waals surface area contributed by atoms with Gasteiger partial charge in [0, 0.05) is 23.5 Å². The monoisotopic (exact) mass is 364 g/mol. The lowest BCUT2D eigenvalue weighted by atomic mass is 9.98. The molecule has 1 atom stereocenters. The van der Waals surface area contributed by atoms with Crippen LogP contribution in [0.25, 0.3) is 10.9 Å². The largest absolute Gasteiger partial charge is 0.481 e. The Morgan fingerprint density at radius 1 is 1.07 bits per heavy atom. The van der Waals surface area contributed by atoms with Crippen LogP contribution in [0.2, 0.25) is 0 Å². The number of carbonyl (C=O) groups is 2. The Hall–Kier alpha value is -3.08. The van der Waals surface area contributed by atoms with E-state index in [4.69, 9.17) is 0 Å². The number of aliphatic carboxylic acids is 1. The van der Waals surface area contributed by atoms with E-state index in [0.29, 0.717) is 12.8 Å². The summed E-state index contributed by atoms with van der Waals surface area (Å²) < 4.78 is 0. The first kappa shape index (κ1) is 18.7. The van der Waals surface area contributed by atoms with Crippen LogP contribution in [0.3, 0.4) is 0 Å². The van der Waals surface area contributed by atoms with Gasteiger partial charge in [-0.15, -0.1) is 0 Å². The lowest BCUT2D eigenvalue weighted by Gasteiger charge is -2.19. The summed E-state index contributed by atoms with van der Waals surface area (Å²) in [7, 11) is 0. The minimum Gasteiger partial charge on any atom is -0.481 e. The van der Waals surface area contributed by atoms with Crippen LogP contribution in [0.4, 0.5) is 0 Å². The number of aromatic nitrogens is 1. The zero-order valence-electron chi connectivity index (χ0n) is 15.6. The fourth-order valence-corrected chi connectivity index (χ4v) is 3.48. The highest BCUT2D eigenvalue weighted by atomic mass is 16.4. The molecule has 1 amide bonds. The first-order valence-corrected chi connectivity index (χ1v) is 9.08. The number of amides is 1. The van der Waals surface area contributed by atoms with Crippen molar-refractivity contribution in [2.45, 2.75) is 39.2 Å². The van der Waals surface area contributed by atoms with Crippen LogP contribution in [0.1, 0.15) is 41.1 Å². The molecule has 3 aromatic rings. The van der Waals surface area contributed by atoms with Gasteiger partial charge < -0.3 is 15.4 Å². The number of carboxylic acids is 1. The molecule has 3 N–H and O–H groups in total. The molecule has 5 heteroatoms. The molecule has 1 unspecified atom stereocenters. The predicted molar refractivity (Wildman–Crippen MR) is 106 cm³/mol. The number of aromatic amines is 1. The zero-order valence-corrected chi connectivity index (χ0v) is 15.6. The molecule has 0 saturated heterocycles. The Morgan fingerprint density at radius 2 is 1.81 bits per heavy atom. The fourth-order valence-electron chi connectivity index (χ4n) is 3.48. The molecule has 0 saturated carbocycles. The van der Waals surface area contributed by atoms with Crippen LogP contribution >= 0.6 is 0 Å². The first-order valence-electron chi connectivity index (χ1n) is 9.08. The van der Waals surface area contributed by atoms with Crippen molar-refractivity contribution in [1.29, 1.82) is 0 Å². The van der Waals surface area contributed by atoms with Gasteiger partial charge in [-0.05, 0) is 42.5 Å². The predicted octanol–water partition coefficient (Wildman–Crippen LogP) is 4.05. The molecular weight excluding hydrogens is 340 g/mol. The maximum absolute atomic E-state index is 12.5. The van der Waals surface area contributed by atoms with E-state index >= 15 is 0 Å². The van der Waals surface area contributed by atoms with Gasteiger partial charge in [0.05, 0.1) is 12.5 Å². The Labute approximate surface area is 158 Å². The van der Waals surface area contributed by atoms with E-state index < -0.39 is 12.0 Å². The van der Waals surface area contributed by atoms with Gasteiger partial charge in [-0.2, -0.15) is 0 Å². The van der Waals surface area contributed by atoms with E-state index in [-0.39, 0.29) is 12.3 Å². The average Bonchev–Trinajstić information content (AvgIpc) is 3.04. The topological polar surface area (TPSA) is 82.2 Å². The van der Waals surface area contributed by atoms with Crippen LogP contribution < -0.4 is 5.32 Å². The number of H-pyrrole nitrogens is 1. The van der Waals surface area contributed by atoms with Crippen molar-refractivity contribution >= 4 is 22.8 Å². The van der Waals surface area contributed by atoms with E-state index in [9.17, 15) is 14.7 Å². The third kappa shape index (κ3) is 4.37. The normalized spacial score (nSPS) is 12.1. The second-order valence-electron chi connectivity index (χ2n) is 6.89. The van der Waals surface area contributed by atoms with Gasteiger partial charge >= 0.3 is 5.97 Å². The second-order valence-corrected chi connectivity index (χ2v) is 6.89. The van der Waals surface area contributed by atoms with E-state index in [1.165, 1.54) is 5.56 Å². The lowest BCUT2D eigenvalue weighted by Crippen LogP contribution is -2.30. The molecule has 0 spiro atoms. The van der Waals surface area contributed by atoms with Gasteiger partial charge in [0.1, 0.15) is 0 Å². The number of carbonyl (C=O) groups excluding carboxylic acids is 1. The Balaban J connectivity index is 1.70. The molecule has 5 nitrogen and oxygen atoms in total. The smallest absolute Gasteiger partial charge is 0.305 e. The Bertz CT molecular complexity index is 975. The molecule has 1 heterocycles. The summed E-state index contributed by atoms with van der Waals surface area (Å²) in [6.45, 7) is 3.97. The molecule has 0 fully saturated rings. The SMILES string of the molecule is Cc1ccccc1C(CC(=O)O)NC(=O)CCc1c[nH]c2c(C)cccc12. The maximum atomic E-state index is 12.5. The first-order chi connectivity index (χ1) is 13.0. The maximum Gasteiger partial charge on any atom is 0.305 e. The van der Waals surface area contributed by atoms with Gasteiger partial charge in [-0.3, -0.25) is 9.59 Å². The number of hydrogen-bond donors (Lipinski definition) is 3. The van der Waals surface area contributed by atoms with Gasteiger partial charge in [0.25, 0.3) is 0 Å². The van der Waals surface area contributed by atoms with Crippen LogP contribution in [-0.2, 0) is 16.0 Å². The summed E-state index contributed by atoms with van der Waals surface area (Å²) in [6, 6.07) is 13.1. The number of rotatable bonds is 7. The van der Waals surface area contributed by atoms with Crippen molar-refractivity contribution in [3.63, 3.8) is 0 Å². The molecule has 3 rings (SSSR count). The number of fused-ring (bicyclic) bond motifs is 1. The molecule has 140 valence electrons. The average molecular weight is 364 g/mol. The van der Waals surface area contributed by atoms with Crippen LogP contribution in [0.5, 0.6) is 0 Å². The third-order valence-electron chi connectivity index (χ3n) is 4.91. The summed E-state index contributed by atoms with van der Waals surface area (Å²) >= 11 is 0. The quantitative estimate of drug-likeness (QED) is 0.591. The van der Waals surface area contributed by atoms with Crippen molar-refractivity contribution in [2.24, 2.45) is 0 Å². The summed E-state index contributed by atoms with van der Waals surface area (Å²) in [6.07, 6.45) is 2.72. The molecule has 0 radical (unpaired) electrons. The van der Waals surface area contributed by atoms with Crippen LogP contribution in [0, 0.1) is 13.8 Å². The molecular formula is C22H24N2O3. The van der Waals surface area contributed by atoms with Crippen LogP contribution in [-0.4, -0.2) is 22.0 Å². The van der Waals surface area contributed by atoms with Crippen LogP contribution in [0.15, 0.2) is 48.7 Å². The lowest BCUT2D eigenvalue weighted by molar-refractivity contribution is -0.137. The van der Waals surface area contributed by atoms with Gasteiger partial charge in [0.15, 0.2) is 0 Å². The molecule has 0 aliphatic carbocycles. The molecule has 0 aliphatic rings. The highest BCUT2D eigenvalue weighted by Gasteiger charge is 2.19. The van der Waals surface area contributed by atoms with E-state index in [2.05, 4.69) is 10.3 Å². The highest BCUT2D eigenvalue weighted by Crippen LogP contribution is 2.23. The molecule has 2 aromatic carbocycles. The molecule has 0 aliphatic heterocycles. The molecule has 1 aromatic heterocycles. The number of benzene rings is 2. The summed E-state index contributed by atoms with van der Waals surface area (Å²) in [4.78, 5) is 27.0. The number of aryl methyl sites for hydroxylation is 3. The van der Waals surface area contributed by atoms with Crippen molar-refractivity contribution < 1.29 is 14.7 Å². The fraction of sp³-hybridized carbons (Fsp3) is 0.273. The number of para-hydroxylation sites is 1. The summed E-state index contributed by atoms with van der Waals surface area (Å²) in [5, 5.41) is 13.2. The number of carboxylic acid groups (broad SMARTS) is 1. The van der Waals surface area contributed by atoms with E-state index in [1.807, 2.05) is 62.5 Å². The Kier molecular flexibility index (Phi) is 5.60. The van der Waals surface area contributed by atoms with Crippen molar-refractivity contribution in [1.82, 2.24) is 10.3 Å². The summed E-state index contributed by atoms with van der Waals surface area (Å²) in [5.41, 5.74) is 5.17. The van der Waals surface area contributed by atoms with Crippen molar-refractivity contribution in [3.8, 4) is 0 Å². The highest BCUT2D eigenvalue weighted by molar-refractivity contribution is 5.86. The Morgan fingerprint density at radius 3 is 2.56 bits per heavy atom. The second kappa shape index (κ2) is 8.08. The van der Waals surface area contributed by atoms with Crippen molar-refractivity contribution in [2.75, 3.05) is 0 Å². The van der Waals surface area contributed by atoms with Gasteiger partial charge in [0.2, 0.25) is 5.91 Å². The number of hydrogen-bond acceptors (Lipinski definition) is 2. The zero-order chi connectivity index (χ0) is 19.4. The molecule has 0 bridgehead atoms. The number of nitrogens with one attached hydrogen (secondary N) is 2. The van der Waals surface area contributed by atoms with E-state index in [1.54, 1.807) is 0 Å². The minimum atomic E-state index is -0.935. The minimum absolute atomic E-state index is 0.136. The molecule has 27 heavy (non-hydrogen) atoms. The van der Waals surface area contributed by atoms with Gasteiger partial charge in [-0.1, -0.05) is 42.5 Å². The third-order valence-corrected chi connectivity index (χ3v) is 4.91.